The maximum Gasteiger partial charge on any atom is 0.435 e. The van der Waals surface area contributed by atoms with Crippen molar-refractivity contribution in [3.05, 3.63) is 28.4 Å². The number of nitrogens with zero attached hydrogens (tertiary/aromatic N) is 2. The fourth-order valence-electron chi connectivity index (χ4n) is 1.78. The molecule has 0 radical (unpaired) electrons. The second-order valence-electron chi connectivity index (χ2n) is 5.39. The summed E-state index contributed by atoms with van der Waals surface area (Å²) in [5.41, 5.74) is -0.108. The maximum atomic E-state index is 12.2. The molecule has 0 spiro atoms. The molecule has 1 heterocycles. The molecule has 0 saturated heterocycles. The SMILES string of the molecule is COC(=O)c1nn(C(=O)OC(C)(C)C)c2ccc(Br)cc12. The lowest BCUT2D eigenvalue weighted by atomic mass is 10.2. The third-order valence-corrected chi connectivity index (χ3v) is 3.08. The van der Waals surface area contributed by atoms with Crippen LogP contribution in [0.5, 0.6) is 0 Å². The summed E-state index contributed by atoms with van der Waals surface area (Å²) < 4.78 is 11.8. The van der Waals surface area contributed by atoms with Gasteiger partial charge in [0, 0.05) is 9.86 Å². The van der Waals surface area contributed by atoms with Crippen LogP contribution < -0.4 is 0 Å². The molecule has 0 atom stereocenters. The van der Waals surface area contributed by atoms with E-state index in [4.69, 9.17) is 9.47 Å². The maximum absolute atomic E-state index is 12.2. The second kappa shape index (κ2) is 5.48. The van der Waals surface area contributed by atoms with E-state index in [0.29, 0.717) is 10.9 Å². The third kappa shape index (κ3) is 3.24. The molecule has 0 unspecified atom stereocenters. The first-order valence-corrected chi connectivity index (χ1v) is 7.02. The molecule has 0 aliphatic carbocycles. The average Bonchev–Trinajstić information content (AvgIpc) is 2.74. The van der Waals surface area contributed by atoms with Gasteiger partial charge in [-0.05, 0) is 39.0 Å². The van der Waals surface area contributed by atoms with E-state index in [1.165, 1.54) is 7.11 Å². The number of carbonyl (C=O) groups excluding carboxylic acids is 2. The van der Waals surface area contributed by atoms with E-state index < -0.39 is 17.7 Å². The normalized spacial score (nSPS) is 11.5. The Bertz CT molecular complexity index is 716. The van der Waals surface area contributed by atoms with E-state index in [9.17, 15) is 9.59 Å². The van der Waals surface area contributed by atoms with E-state index in [1.54, 1.807) is 39.0 Å². The fraction of sp³-hybridized carbons (Fsp3) is 0.357. The minimum absolute atomic E-state index is 0.0691. The number of methoxy groups -OCH3 is 1. The van der Waals surface area contributed by atoms with Gasteiger partial charge in [0.25, 0.3) is 0 Å². The number of carbonyl (C=O) groups is 2. The molecule has 0 saturated carbocycles. The number of hydrogen-bond donors (Lipinski definition) is 0. The molecule has 1 aromatic carbocycles. The van der Waals surface area contributed by atoms with Gasteiger partial charge in [0.2, 0.25) is 0 Å². The fourth-order valence-corrected chi connectivity index (χ4v) is 2.14. The van der Waals surface area contributed by atoms with Crippen LogP contribution in [0.2, 0.25) is 0 Å². The largest absolute Gasteiger partial charge is 0.464 e. The lowest BCUT2D eigenvalue weighted by Crippen LogP contribution is -2.27. The van der Waals surface area contributed by atoms with Crippen LogP contribution in [0.15, 0.2) is 22.7 Å². The van der Waals surface area contributed by atoms with Crippen LogP contribution in [0.3, 0.4) is 0 Å². The van der Waals surface area contributed by atoms with Crippen molar-refractivity contribution in [3.8, 4) is 0 Å². The van der Waals surface area contributed by atoms with Crippen molar-refractivity contribution < 1.29 is 19.1 Å². The molecule has 0 aliphatic rings. The van der Waals surface area contributed by atoms with E-state index in [1.807, 2.05) is 0 Å². The molecule has 2 rings (SSSR count). The molecule has 0 aliphatic heterocycles. The van der Waals surface area contributed by atoms with Crippen molar-refractivity contribution in [2.24, 2.45) is 0 Å². The van der Waals surface area contributed by atoms with Gasteiger partial charge in [0.15, 0.2) is 5.69 Å². The van der Waals surface area contributed by atoms with Crippen molar-refractivity contribution >= 4 is 38.9 Å². The van der Waals surface area contributed by atoms with Crippen LogP contribution in [0.25, 0.3) is 10.9 Å². The topological polar surface area (TPSA) is 70.4 Å². The van der Waals surface area contributed by atoms with Crippen LogP contribution in [-0.4, -0.2) is 34.6 Å². The lowest BCUT2D eigenvalue weighted by molar-refractivity contribution is 0.0519. The van der Waals surface area contributed by atoms with E-state index in [0.717, 1.165) is 9.15 Å². The van der Waals surface area contributed by atoms with Crippen molar-refractivity contribution in [3.63, 3.8) is 0 Å². The highest BCUT2D eigenvalue weighted by atomic mass is 79.9. The Hall–Kier alpha value is -1.89. The number of rotatable bonds is 1. The highest BCUT2D eigenvalue weighted by Gasteiger charge is 2.24. The summed E-state index contributed by atoms with van der Waals surface area (Å²) in [6, 6.07) is 5.14. The Balaban J connectivity index is 2.60. The first kappa shape index (κ1) is 15.5. The highest BCUT2D eigenvalue weighted by Crippen LogP contribution is 2.24. The molecular formula is C14H15BrN2O4. The lowest BCUT2D eigenvalue weighted by Gasteiger charge is -2.19. The number of esters is 1. The van der Waals surface area contributed by atoms with Crippen LogP contribution in [0.4, 0.5) is 4.79 Å². The van der Waals surface area contributed by atoms with Crippen molar-refractivity contribution in [1.29, 1.82) is 0 Å². The summed E-state index contributed by atoms with van der Waals surface area (Å²) in [7, 11) is 1.26. The Kier molecular flexibility index (Phi) is 4.04. The van der Waals surface area contributed by atoms with E-state index in [-0.39, 0.29) is 5.69 Å². The molecule has 7 heteroatoms. The van der Waals surface area contributed by atoms with Gasteiger partial charge in [0.1, 0.15) is 5.60 Å². The smallest absolute Gasteiger partial charge is 0.435 e. The summed E-state index contributed by atoms with van der Waals surface area (Å²) >= 11 is 3.33. The van der Waals surface area contributed by atoms with Crippen LogP contribution >= 0.6 is 15.9 Å². The Morgan fingerprint density at radius 2 is 1.95 bits per heavy atom. The highest BCUT2D eigenvalue weighted by molar-refractivity contribution is 9.10. The standard InChI is InChI=1S/C14H15BrN2O4/c1-14(2,3)21-13(19)17-10-6-5-8(15)7-9(10)11(16-17)12(18)20-4/h5-7H,1-4H3. The van der Waals surface area contributed by atoms with Gasteiger partial charge in [-0.25, -0.2) is 9.59 Å². The van der Waals surface area contributed by atoms with Crippen molar-refractivity contribution in [2.45, 2.75) is 26.4 Å². The number of aromatic nitrogens is 2. The first-order chi connectivity index (χ1) is 9.73. The van der Waals surface area contributed by atoms with Crippen LogP contribution in [0.1, 0.15) is 31.3 Å². The molecule has 0 N–H and O–H groups in total. The molecule has 112 valence electrons. The number of ether oxygens (including phenoxy) is 2. The second-order valence-corrected chi connectivity index (χ2v) is 6.31. The summed E-state index contributed by atoms with van der Waals surface area (Å²) in [6.45, 7) is 5.27. The molecular weight excluding hydrogens is 340 g/mol. The van der Waals surface area contributed by atoms with Crippen molar-refractivity contribution in [1.82, 2.24) is 9.78 Å². The minimum atomic E-state index is -0.657. The molecule has 0 amide bonds. The third-order valence-electron chi connectivity index (χ3n) is 2.59. The molecule has 21 heavy (non-hydrogen) atoms. The molecule has 2 aromatic rings. The first-order valence-electron chi connectivity index (χ1n) is 6.23. The van der Waals surface area contributed by atoms with Gasteiger partial charge in [-0.15, -0.1) is 0 Å². The van der Waals surface area contributed by atoms with Gasteiger partial charge >= 0.3 is 12.1 Å². The van der Waals surface area contributed by atoms with Crippen LogP contribution in [0, 0.1) is 0 Å². The van der Waals surface area contributed by atoms with Gasteiger partial charge in [0.05, 0.1) is 12.6 Å². The minimum Gasteiger partial charge on any atom is -0.464 e. The zero-order valence-electron chi connectivity index (χ0n) is 12.1. The monoisotopic (exact) mass is 354 g/mol. The summed E-state index contributed by atoms with van der Waals surface area (Å²) in [6.07, 6.45) is -0.648. The summed E-state index contributed by atoms with van der Waals surface area (Å²) in [5, 5.41) is 4.55. The van der Waals surface area contributed by atoms with E-state index >= 15 is 0 Å². The van der Waals surface area contributed by atoms with E-state index in [2.05, 4.69) is 21.0 Å². The number of benzene rings is 1. The predicted molar refractivity (Wildman–Crippen MR) is 80.4 cm³/mol. The van der Waals surface area contributed by atoms with Crippen LogP contribution in [-0.2, 0) is 9.47 Å². The zero-order chi connectivity index (χ0) is 15.8. The Labute approximate surface area is 130 Å². The summed E-state index contributed by atoms with van der Waals surface area (Å²) in [5.74, 6) is -0.611. The number of fused-ring (bicyclic) bond motifs is 1. The van der Waals surface area contributed by atoms with Gasteiger partial charge in [-0.2, -0.15) is 9.78 Å². The summed E-state index contributed by atoms with van der Waals surface area (Å²) in [4.78, 5) is 24.0. The van der Waals surface area contributed by atoms with Gasteiger partial charge in [-0.3, -0.25) is 0 Å². The molecule has 0 bridgehead atoms. The molecule has 0 fully saturated rings. The molecule has 1 aromatic heterocycles. The van der Waals surface area contributed by atoms with Gasteiger partial charge < -0.3 is 9.47 Å². The van der Waals surface area contributed by atoms with Gasteiger partial charge in [-0.1, -0.05) is 15.9 Å². The molecule has 6 nitrogen and oxygen atoms in total. The quantitative estimate of drug-likeness (QED) is 0.734. The average molecular weight is 355 g/mol. The zero-order valence-corrected chi connectivity index (χ0v) is 13.7. The number of halogens is 1. The van der Waals surface area contributed by atoms with Crippen molar-refractivity contribution in [2.75, 3.05) is 7.11 Å². The Morgan fingerprint density at radius 1 is 1.29 bits per heavy atom. The predicted octanol–water partition coefficient (Wildman–Crippen LogP) is 3.37. The Morgan fingerprint density at radius 3 is 2.52 bits per heavy atom. The number of hydrogen-bond acceptors (Lipinski definition) is 5.